The van der Waals surface area contributed by atoms with Crippen LogP contribution in [0.5, 0.6) is 0 Å². The molecule has 0 radical (unpaired) electrons. The highest BCUT2D eigenvalue weighted by molar-refractivity contribution is 6.10. The van der Waals surface area contributed by atoms with Gasteiger partial charge in [-0.15, -0.1) is 0 Å². The second-order valence-electron chi connectivity index (χ2n) is 12.0. The van der Waals surface area contributed by atoms with E-state index in [1.807, 2.05) is 24.3 Å². The maximum Gasteiger partial charge on any atom is 0.206 e. The highest BCUT2D eigenvalue weighted by Gasteiger charge is 2.19. The minimum Gasteiger partial charge on any atom is -0.310 e. The van der Waals surface area contributed by atoms with Crippen LogP contribution in [0.4, 0.5) is 5.69 Å². The van der Waals surface area contributed by atoms with Crippen molar-refractivity contribution < 1.29 is 0 Å². The first-order valence-electron chi connectivity index (χ1n) is 15.9. The van der Waals surface area contributed by atoms with E-state index in [0.717, 1.165) is 55.4 Å². The number of hydrogen-bond donors (Lipinski definition) is 0. The summed E-state index contributed by atoms with van der Waals surface area (Å²) in [5.74, 6) is 0. The third kappa shape index (κ3) is 4.14. The van der Waals surface area contributed by atoms with E-state index in [2.05, 4.69) is 154 Å². The molecular formula is C44H26N4. The van der Waals surface area contributed by atoms with Crippen molar-refractivity contribution in [3.8, 4) is 39.7 Å². The lowest BCUT2D eigenvalue weighted by Gasteiger charge is -2.17. The maximum absolute atomic E-state index is 10.1. The largest absolute Gasteiger partial charge is 0.310 e. The van der Waals surface area contributed by atoms with Gasteiger partial charge in [-0.1, -0.05) is 103 Å². The van der Waals surface area contributed by atoms with Crippen LogP contribution >= 0.6 is 0 Å². The van der Waals surface area contributed by atoms with Crippen molar-refractivity contribution in [2.45, 2.75) is 0 Å². The lowest BCUT2D eigenvalue weighted by atomic mass is 9.95. The molecule has 0 atom stereocenters. The molecule has 0 spiro atoms. The normalized spacial score (nSPS) is 11.3. The lowest BCUT2D eigenvalue weighted by molar-refractivity contribution is 1.18. The van der Waals surface area contributed by atoms with Gasteiger partial charge in [-0.3, -0.25) is 0 Å². The van der Waals surface area contributed by atoms with Crippen LogP contribution in [0, 0.1) is 17.9 Å². The van der Waals surface area contributed by atoms with E-state index in [-0.39, 0.29) is 0 Å². The number of benzene rings is 7. The average Bonchev–Trinajstić information content (AvgIpc) is 3.67. The molecule has 9 aromatic rings. The molecule has 0 bridgehead atoms. The third-order valence-corrected chi connectivity index (χ3v) is 9.37. The molecule has 0 unspecified atom stereocenters. The van der Waals surface area contributed by atoms with Crippen molar-refractivity contribution in [2.24, 2.45) is 0 Å². The van der Waals surface area contributed by atoms with E-state index in [1.165, 1.54) is 21.8 Å². The Labute approximate surface area is 277 Å². The number of fused-ring (bicyclic) bond motifs is 6. The molecule has 9 rings (SSSR count). The molecule has 0 N–H and O–H groups in total. The Hall–Kier alpha value is -6.88. The standard InChI is InChI=1S/C44H26N4/c1-46-39-27-44(48-42-22-8-4-18-36(42)37-19-5-9-23-43(37)48)38(26-32(39)28-45)31-14-10-12-29(24-31)30-13-11-15-33(25-30)47-40-20-6-2-16-34(40)35-17-3-7-21-41(35)47/h2-27H. The zero-order valence-corrected chi connectivity index (χ0v) is 25.8. The minimum absolute atomic E-state index is 0.341. The Morgan fingerprint density at radius 1 is 0.479 bits per heavy atom. The SMILES string of the molecule is [C-]#[N+]c1cc(-n2c3ccccc3c3ccccc32)c(-c2cccc(-c3cccc(-n4c5ccccc5c5ccccc54)c3)c2)cc1C#N. The van der Waals surface area contributed by atoms with Crippen molar-refractivity contribution in [1.82, 2.24) is 9.13 Å². The fourth-order valence-corrected chi connectivity index (χ4v) is 7.25. The number of aromatic nitrogens is 2. The minimum atomic E-state index is 0.341. The third-order valence-electron chi connectivity index (χ3n) is 9.37. The average molecular weight is 611 g/mol. The summed E-state index contributed by atoms with van der Waals surface area (Å²) in [5.41, 5.74) is 11.1. The molecule has 7 aromatic carbocycles. The monoisotopic (exact) mass is 610 g/mol. The Morgan fingerprint density at radius 3 is 1.50 bits per heavy atom. The van der Waals surface area contributed by atoms with Gasteiger partial charge in [0, 0.05) is 38.5 Å². The quantitative estimate of drug-likeness (QED) is 0.183. The Bertz CT molecular complexity index is 2710. The van der Waals surface area contributed by atoms with Gasteiger partial charge in [0.2, 0.25) is 5.69 Å². The summed E-state index contributed by atoms with van der Waals surface area (Å²) in [5, 5.41) is 14.8. The van der Waals surface area contributed by atoms with Crippen molar-refractivity contribution in [2.75, 3.05) is 0 Å². The zero-order valence-electron chi connectivity index (χ0n) is 25.8. The van der Waals surface area contributed by atoms with Crippen LogP contribution in [0.1, 0.15) is 5.56 Å². The fraction of sp³-hybridized carbons (Fsp3) is 0. The molecule has 0 fully saturated rings. The molecule has 0 aliphatic rings. The summed E-state index contributed by atoms with van der Waals surface area (Å²) < 4.78 is 4.56. The molecule has 0 saturated heterocycles. The molecule has 0 aliphatic heterocycles. The van der Waals surface area contributed by atoms with Gasteiger partial charge in [-0.05, 0) is 71.3 Å². The van der Waals surface area contributed by atoms with Crippen LogP contribution in [0.25, 0.3) is 82.1 Å². The van der Waals surface area contributed by atoms with Gasteiger partial charge >= 0.3 is 0 Å². The first-order chi connectivity index (χ1) is 23.7. The molecule has 2 heterocycles. The number of rotatable bonds is 4. The van der Waals surface area contributed by atoms with E-state index in [4.69, 9.17) is 6.57 Å². The summed E-state index contributed by atoms with van der Waals surface area (Å²) in [6.07, 6.45) is 0. The molecule has 2 aromatic heterocycles. The van der Waals surface area contributed by atoms with E-state index < -0.39 is 0 Å². The number of para-hydroxylation sites is 4. The van der Waals surface area contributed by atoms with Crippen molar-refractivity contribution in [3.05, 3.63) is 175 Å². The molecule has 0 amide bonds. The highest BCUT2D eigenvalue weighted by atomic mass is 15.0. The van der Waals surface area contributed by atoms with Crippen molar-refractivity contribution in [3.63, 3.8) is 0 Å². The van der Waals surface area contributed by atoms with Crippen LogP contribution < -0.4 is 0 Å². The van der Waals surface area contributed by atoms with Gasteiger partial charge in [-0.25, -0.2) is 4.85 Å². The van der Waals surface area contributed by atoms with E-state index in [0.29, 0.717) is 11.3 Å². The van der Waals surface area contributed by atoms with Gasteiger partial charge in [0.1, 0.15) is 0 Å². The van der Waals surface area contributed by atoms with Crippen molar-refractivity contribution >= 4 is 49.3 Å². The van der Waals surface area contributed by atoms with E-state index in [9.17, 15) is 5.26 Å². The predicted octanol–water partition coefficient (Wildman–Crippen LogP) is 11.6. The van der Waals surface area contributed by atoms with Crippen molar-refractivity contribution in [1.29, 1.82) is 5.26 Å². The smallest absolute Gasteiger partial charge is 0.206 e. The lowest BCUT2D eigenvalue weighted by Crippen LogP contribution is -1.98. The second kappa shape index (κ2) is 10.9. The summed E-state index contributed by atoms with van der Waals surface area (Å²) >= 11 is 0. The summed E-state index contributed by atoms with van der Waals surface area (Å²) in [6, 6.07) is 57.0. The summed E-state index contributed by atoms with van der Waals surface area (Å²) in [6.45, 7) is 7.90. The van der Waals surface area contributed by atoms with Gasteiger partial charge in [0.15, 0.2) is 0 Å². The molecule has 0 aliphatic carbocycles. The predicted molar refractivity (Wildman–Crippen MR) is 197 cm³/mol. The fourth-order valence-electron chi connectivity index (χ4n) is 7.25. The van der Waals surface area contributed by atoms with E-state index >= 15 is 0 Å². The van der Waals surface area contributed by atoms with Gasteiger partial charge in [0.05, 0.1) is 40.3 Å². The summed E-state index contributed by atoms with van der Waals surface area (Å²) in [7, 11) is 0. The molecular weight excluding hydrogens is 585 g/mol. The first kappa shape index (κ1) is 27.4. The summed E-state index contributed by atoms with van der Waals surface area (Å²) in [4.78, 5) is 3.76. The maximum atomic E-state index is 10.1. The zero-order chi connectivity index (χ0) is 32.2. The molecule has 4 heteroatoms. The molecule has 0 saturated carbocycles. The second-order valence-corrected chi connectivity index (χ2v) is 12.0. The Kier molecular flexibility index (Phi) is 6.22. The van der Waals surface area contributed by atoms with Crippen LogP contribution in [-0.4, -0.2) is 9.13 Å². The topological polar surface area (TPSA) is 38.0 Å². The molecule has 4 nitrogen and oxygen atoms in total. The van der Waals surface area contributed by atoms with Gasteiger partial charge in [-0.2, -0.15) is 5.26 Å². The number of nitriles is 1. The molecule has 48 heavy (non-hydrogen) atoms. The Balaban J connectivity index is 1.25. The van der Waals surface area contributed by atoms with Crippen LogP contribution in [0.3, 0.4) is 0 Å². The van der Waals surface area contributed by atoms with Crippen LogP contribution in [0.2, 0.25) is 0 Å². The highest BCUT2D eigenvalue weighted by Crippen LogP contribution is 2.40. The van der Waals surface area contributed by atoms with Crippen LogP contribution in [0.15, 0.2) is 158 Å². The van der Waals surface area contributed by atoms with Crippen LogP contribution in [-0.2, 0) is 0 Å². The number of nitrogens with zero attached hydrogens (tertiary/aromatic N) is 4. The van der Waals surface area contributed by atoms with E-state index in [1.54, 1.807) is 0 Å². The van der Waals surface area contributed by atoms with Gasteiger partial charge < -0.3 is 9.13 Å². The van der Waals surface area contributed by atoms with Gasteiger partial charge in [0.25, 0.3) is 0 Å². The molecule has 222 valence electrons. The first-order valence-corrected chi connectivity index (χ1v) is 15.9. The number of hydrogen-bond acceptors (Lipinski definition) is 1. The Morgan fingerprint density at radius 2 is 0.958 bits per heavy atom.